The fourth-order valence-electron chi connectivity index (χ4n) is 5.80. The van der Waals surface area contributed by atoms with E-state index in [0.717, 1.165) is 11.5 Å². The number of hydrogen-bond donors (Lipinski definition) is 3. The summed E-state index contributed by atoms with van der Waals surface area (Å²) in [6.45, 7) is 13.9. The summed E-state index contributed by atoms with van der Waals surface area (Å²) >= 11 is 9.53. The second-order valence-electron chi connectivity index (χ2n) is 14.2. The highest BCUT2D eigenvalue weighted by molar-refractivity contribution is 6.40. The zero-order valence-corrected chi connectivity index (χ0v) is 34.5. The van der Waals surface area contributed by atoms with Crippen molar-refractivity contribution in [3.63, 3.8) is 0 Å². The lowest BCUT2D eigenvalue weighted by Crippen LogP contribution is -2.31. The minimum Gasteiger partial charge on any atom is -0.396 e. The highest BCUT2D eigenvalue weighted by atomic mass is 35.5. The highest BCUT2D eigenvalue weighted by Gasteiger charge is 2.38. The van der Waals surface area contributed by atoms with E-state index >= 15 is 0 Å². The van der Waals surface area contributed by atoms with E-state index in [1.54, 1.807) is 36.4 Å². The third kappa shape index (κ3) is 17.0. The highest BCUT2D eigenvalue weighted by Crippen LogP contribution is 2.27. The molecule has 2 aromatic carbocycles. The van der Waals surface area contributed by atoms with Gasteiger partial charge in [0.1, 0.15) is 0 Å². The predicted octanol–water partition coefficient (Wildman–Crippen LogP) is 6.70. The zero-order valence-electron chi connectivity index (χ0n) is 32.9. The Balaban J connectivity index is 0.000000779. The van der Waals surface area contributed by atoms with Gasteiger partial charge in [-0.3, -0.25) is 29.2 Å². The Kier molecular flexibility index (Phi) is 25.0. The van der Waals surface area contributed by atoms with E-state index in [0.29, 0.717) is 50.4 Å². The van der Waals surface area contributed by atoms with Crippen molar-refractivity contribution < 1.29 is 67.6 Å². The van der Waals surface area contributed by atoms with Gasteiger partial charge in [0.05, 0.1) is 78.9 Å². The van der Waals surface area contributed by atoms with Crippen molar-refractivity contribution in [3.8, 4) is 0 Å². The third-order valence-electron chi connectivity index (χ3n) is 8.40. The van der Waals surface area contributed by atoms with Gasteiger partial charge in [0.2, 0.25) is 0 Å². The van der Waals surface area contributed by atoms with E-state index in [1.165, 1.54) is 12.1 Å². The first-order chi connectivity index (χ1) is 26.9. The standard InChI is InChI=1S/C15H17NO5.C8H5NO3.C7H15NO3.C7H14O3.CH2Cl2.3CH4/c1-15(2)19-9-10(21-15)7-8-20-16-13(17)11-5-3-4-6-12(11)14(16)18;10-7-5-3-1-2-4-6(5)8(11)9(7)12;1-7(2)9-5-6(11-7)3-4-10-8;1-7(2)9-5-6(10-7)3-4-8;2-1-3;;;/h3-6,10H,7-9H2,1-2H3;1-4,12H;6H,3-5,8H2,1-2H3;6,8H,3-5H2,1-2H3;1H2;3*1H4/t10-;;2*6-;;;;/m1.11..../s1. The number of carbonyl (C=O) groups is 4. The average molecular weight is 895 g/mol. The summed E-state index contributed by atoms with van der Waals surface area (Å²) in [6, 6.07) is 13.0. The van der Waals surface area contributed by atoms with Gasteiger partial charge < -0.3 is 38.4 Å². The van der Waals surface area contributed by atoms with E-state index in [1.807, 2.05) is 41.5 Å². The number of fused-ring (bicyclic) bond motifs is 2. The van der Waals surface area contributed by atoms with Crippen LogP contribution in [0.2, 0.25) is 0 Å². The number of halogens is 2. The number of carbonyl (C=O) groups excluding carboxylic acids is 4. The van der Waals surface area contributed by atoms with Crippen molar-refractivity contribution in [2.45, 2.75) is 119 Å². The molecule has 0 unspecified atom stereocenters. The fourth-order valence-corrected chi connectivity index (χ4v) is 5.80. The van der Waals surface area contributed by atoms with Crippen LogP contribution in [0.25, 0.3) is 0 Å². The molecule has 4 amide bonds. The van der Waals surface area contributed by atoms with Gasteiger partial charge >= 0.3 is 0 Å². The molecular weight excluding hydrogens is 829 g/mol. The van der Waals surface area contributed by atoms with Gasteiger partial charge in [-0.1, -0.05) is 46.5 Å². The third-order valence-corrected chi connectivity index (χ3v) is 8.40. The molecule has 3 saturated heterocycles. The largest absolute Gasteiger partial charge is 0.396 e. The minimum atomic E-state index is -0.657. The van der Waals surface area contributed by atoms with E-state index in [9.17, 15) is 19.2 Å². The Morgan fingerprint density at radius 1 is 0.633 bits per heavy atom. The van der Waals surface area contributed by atoms with Crippen LogP contribution < -0.4 is 5.90 Å². The van der Waals surface area contributed by atoms with Crippen molar-refractivity contribution >= 4 is 46.8 Å². The summed E-state index contributed by atoms with van der Waals surface area (Å²) in [7, 11) is 0. The van der Waals surface area contributed by atoms with Crippen LogP contribution in [0, 0.1) is 0 Å². The number of amides is 4. The molecule has 5 aliphatic rings. The van der Waals surface area contributed by atoms with E-state index in [4.69, 9.17) is 72.7 Å². The number of rotatable bonds is 9. The lowest BCUT2D eigenvalue weighted by molar-refractivity contribution is -0.145. The van der Waals surface area contributed by atoms with E-state index in [-0.39, 0.29) is 75.3 Å². The average Bonchev–Trinajstić information content (AvgIpc) is 3.93. The van der Waals surface area contributed by atoms with Gasteiger partial charge in [0.25, 0.3) is 23.6 Å². The van der Waals surface area contributed by atoms with Crippen LogP contribution in [0.1, 0.15) is 125 Å². The molecule has 0 saturated carbocycles. The van der Waals surface area contributed by atoms with Crippen LogP contribution in [-0.4, -0.2) is 125 Å². The molecule has 4 N–H and O–H groups in total. The molecule has 5 heterocycles. The molecule has 0 spiro atoms. The molecule has 0 bridgehead atoms. The lowest BCUT2D eigenvalue weighted by atomic mass is 10.1. The van der Waals surface area contributed by atoms with Crippen LogP contribution in [0.15, 0.2) is 48.5 Å². The normalized spacial score (nSPS) is 22.1. The molecule has 5 aliphatic heterocycles. The number of hydroxylamine groups is 4. The Morgan fingerprint density at radius 3 is 1.25 bits per heavy atom. The Hall–Kier alpha value is -3.14. The molecule has 60 heavy (non-hydrogen) atoms. The molecule has 0 aromatic heterocycles. The number of benzene rings is 2. The molecule has 2 aromatic rings. The summed E-state index contributed by atoms with van der Waals surface area (Å²) in [4.78, 5) is 56.0. The van der Waals surface area contributed by atoms with Crippen molar-refractivity contribution in [3.05, 3.63) is 70.8 Å². The fraction of sp³-hybridized carbons (Fsp3) is 0.610. The Labute approximate surface area is 364 Å². The molecule has 342 valence electrons. The van der Waals surface area contributed by atoms with Gasteiger partial charge in [-0.25, -0.2) is 5.90 Å². The van der Waals surface area contributed by atoms with Crippen molar-refractivity contribution in [1.82, 2.24) is 10.1 Å². The number of ether oxygens (including phenoxy) is 6. The first kappa shape index (κ1) is 56.9. The smallest absolute Gasteiger partial charge is 0.285 e. The molecule has 0 aliphatic carbocycles. The lowest BCUT2D eigenvalue weighted by Gasteiger charge is -2.18. The number of nitrogens with zero attached hydrogens (tertiary/aromatic N) is 2. The zero-order chi connectivity index (χ0) is 42.4. The van der Waals surface area contributed by atoms with Crippen LogP contribution in [0.5, 0.6) is 0 Å². The van der Waals surface area contributed by atoms with Crippen LogP contribution in [0.3, 0.4) is 0 Å². The topological polar surface area (TPSA) is 215 Å². The molecule has 7 rings (SSSR count). The SMILES string of the molecule is C.C.C.CC1(C)OC[C@@H](CCO)O1.CC1(C)OC[C@@H](CCON)O1.CC1(C)OC[C@@H](CCON2C(=O)c3ccccc3C2=O)O1.ClCCl.O=C1c2ccccc2C(=O)N1O. The predicted molar refractivity (Wildman–Crippen MR) is 224 cm³/mol. The van der Waals surface area contributed by atoms with Crippen molar-refractivity contribution in [1.29, 1.82) is 0 Å². The maximum atomic E-state index is 12.1. The van der Waals surface area contributed by atoms with Crippen LogP contribution >= 0.6 is 23.2 Å². The number of alkyl halides is 2. The van der Waals surface area contributed by atoms with E-state index in [2.05, 4.69) is 4.84 Å². The first-order valence-electron chi connectivity index (χ1n) is 18.2. The number of nitrogens with two attached hydrogens (primary N) is 1. The van der Waals surface area contributed by atoms with Gasteiger partial charge in [-0.05, 0) is 72.2 Å². The van der Waals surface area contributed by atoms with E-state index < -0.39 is 41.0 Å². The summed E-state index contributed by atoms with van der Waals surface area (Å²) in [5.41, 5.74) is 1.27. The second kappa shape index (κ2) is 26.4. The molecule has 19 heteroatoms. The van der Waals surface area contributed by atoms with Gasteiger partial charge in [0.15, 0.2) is 17.4 Å². The van der Waals surface area contributed by atoms with Crippen LogP contribution in [0.4, 0.5) is 0 Å². The molecule has 3 atom stereocenters. The summed E-state index contributed by atoms with van der Waals surface area (Å²) < 4.78 is 32.6. The number of hydrogen-bond acceptors (Lipinski definition) is 15. The molecule has 0 radical (unpaired) electrons. The summed E-state index contributed by atoms with van der Waals surface area (Å²) in [5.74, 6) is 1.27. The summed E-state index contributed by atoms with van der Waals surface area (Å²) in [5, 5.41) is 18.6. The number of aliphatic hydroxyl groups excluding tert-OH is 1. The Morgan fingerprint density at radius 2 is 0.950 bits per heavy atom. The number of aliphatic hydroxyl groups is 1. The molecule has 17 nitrogen and oxygen atoms in total. The Bertz CT molecular complexity index is 1580. The van der Waals surface area contributed by atoms with Crippen molar-refractivity contribution in [2.75, 3.05) is 45.0 Å². The molecular formula is C41H65Cl2N3O14. The second-order valence-corrected chi connectivity index (χ2v) is 15.0. The quantitative estimate of drug-likeness (QED) is 0.103. The monoisotopic (exact) mass is 893 g/mol. The van der Waals surface area contributed by atoms with Crippen molar-refractivity contribution in [2.24, 2.45) is 5.90 Å². The minimum absolute atomic E-state index is 0. The maximum absolute atomic E-state index is 12.1. The summed E-state index contributed by atoms with van der Waals surface area (Å²) in [6.07, 6.45) is 2.14. The van der Waals surface area contributed by atoms with Gasteiger partial charge in [-0.2, -0.15) is 0 Å². The van der Waals surface area contributed by atoms with Gasteiger partial charge in [0, 0.05) is 19.4 Å². The number of imide groups is 2. The molecule has 3 fully saturated rings. The van der Waals surface area contributed by atoms with Gasteiger partial charge in [-0.15, -0.1) is 33.3 Å². The first-order valence-corrected chi connectivity index (χ1v) is 19.2. The van der Waals surface area contributed by atoms with Crippen LogP contribution in [-0.2, 0) is 38.1 Å². The maximum Gasteiger partial charge on any atom is 0.285 e.